The van der Waals surface area contributed by atoms with Crippen LogP contribution in [0.3, 0.4) is 0 Å². The molecule has 1 N–H and O–H groups in total. The molecule has 152 valence electrons. The first-order valence-corrected chi connectivity index (χ1v) is 9.79. The van der Waals surface area contributed by atoms with Crippen molar-refractivity contribution in [3.8, 4) is 5.75 Å². The van der Waals surface area contributed by atoms with Crippen LogP contribution >= 0.6 is 0 Å². The Labute approximate surface area is 167 Å². The van der Waals surface area contributed by atoms with Crippen molar-refractivity contribution in [1.82, 2.24) is 9.97 Å². The molecule has 4 rings (SSSR count). The minimum atomic E-state index is -0.967. The molecule has 1 unspecified atom stereocenters. The molecular weight excluding hydrogens is 374 g/mol. The van der Waals surface area contributed by atoms with E-state index in [1.807, 2.05) is 0 Å². The molecule has 2 atom stereocenters. The largest absolute Gasteiger partial charge is 0.493 e. The number of ether oxygens (including phenoxy) is 1. The van der Waals surface area contributed by atoms with Crippen LogP contribution in [-0.2, 0) is 0 Å². The monoisotopic (exact) mass is 398 g/mol. The average molecular weight is 398 g/mol. The minimum Gasteiger partial charge on any atom is -0.493 e. The zero-order valence-corrected chi connectivity index (χ0v) is 16.8. The molecular formula is C23H24F2N2O2. The zero-order valence-electron chi connectivity index (χ0n) is 16.8. The zero-order chi connectivity index (χ0) is 20.8. The summed E-state index contributed by atoms with van der Waals surface area (Å²) >= 11 is 0. The number of aromatic amines is 1. The Balaban J connectivity index is 1.87. The van der Waals surface area contributed by atoms with Gasteiger partial charge in [0.05, 0.1) is 18.0 Å². The van der Waals surface area contributed by atoms with Gasteiger partial charge in [-0.2, -0.15) is 4.39 Å². The molecule has 1 aromatic carbocycles. The van der Waals surface area contributed by atoms with Crippen molar-refractivity contribution >= 4 is 10.9 Å². The lowest BCUT2D eigenvalue weighted by atomic mass is 9.64. The molecule has 0 amide bonds. The third-order valence-corrected chi connectivity index (χ3v) is 6.13. The molecule has 1 aliphatic carbocycles. The van der Waals surface area contributed by atoms with Crippen LogP contribution in [0.5, 0.6) is 5.75 Å². The molecule has 0 radical (unpaired) electrons. The number of nitrogens with zero attached hydrogens (tertiary/aromatic N) is 1. The lowest BCUT2D eigenvalue weighted by molar-refractivity contribution is 0.192. The summed E-state index contributed by atoms with van der Waals surface area (Å²) in [5, 5.41) is 0.536. The lowest BCUT2D eigenvalue weighted by Crippen LogP contribution is -2.29. The van der Waals surface area contributed by atoms with E-state index in [0.717, 1.165) is 36.5 Å². The topological polar surface area (TPSA) is 55.0 Å². The number of pyridine rings is 2. The van der Waals surface area contributed by atoms with E-state index in [1.165, 1.54) is 7.11 Å². The Morgan fingerprint density at radius 2 is 2.00 bits per heavy atom. The van der Waals surface area contributed by atoms with Gasteiger partial charge in [0, 0.05) is 35.6 Å². The van der Waals surface area contributed by atoms with Crippen LogP contribution in [0.4, 0.5) is 8.78 Å². The van der Waals surface area contributed by atoms with Gasteiger partial charge in [-0.3, -0.25) is 9.78 Å². The van der Waals surface area contributed by atoms with E-state index in [1.54, 1.807) is 30.6 Å². The predicted octanol–water partition coefficient (Wildman–Crippen LogP) is 5.29. The standard InChI is InChI=1S/C23H24F2N2O2/c1-23(2)8-6-13(19-10-20(28)16-12-26-9-7-18(16)27-19)15(11-23)14-4-5-17(24)21(25)22(14)29-3/h4-5,7,9-10,12-13,15H,6,8,11H2,1-3H3,(H,27,28)/t13-,15?/m1/s1. The van der Waals surface area contributed by atoms with E-state index in [4.69, 9.17) is 4.74 Å². The summed E-state index contributed by atoms with van der Waals surface area (Å²) < 4.78 is 33.5. The van der Waals surface area contributed by atoms with Gasteiger partial charge in [-0.25, -0.2) is 4.39 Å². The number of halogens is 2. The molecule has 2 aromatic heterocycles. The Morgan fingerprint density at radius 1 is 1.21 bits per heavy atom. The van der Waals surface area contributed by atoms with Gasteiger partial charge in [0.25, 0.3) is 0 Å². The van der Waals surface area contributed by atoms with Crippen LogP contribution in [0.2, 0.25) is 0 Å². The Bertz CT molecular complexity index is 1120. The van der Waals surface area contributed by atoms with Gasteiger partial charge in [0.15, 0.2) is 17.0 Å². The molecule has 0 saturated heterocycles. The molecule has 4 nitrogen and oxygen atoms in total. The van der Waals surface area contributed by atoms with Gasteiger partial charge >= 0.3 is 0 Å². The fourth-order valence-corrected chi connectivity index (χ4v) is 4.64. The SMILES string of the molecule is COc1c(C2CC(C)(C)CC[C@H]2c2cc(=O)c3cnccc3[nH]2)ccc(F)c1F. The fourth-order valence-electron chi connectivity index (χ4n) is 4.64. The molecule has 1 saturated carbocycles. The molecule has 2 heterocycles. The van der Waals surface area contributed by atoms with Crippen LogP contribution in [0, 0.1) is 17.0 Å². The van der Waals surface area contributed by atoms with E-state index in [9.17, 15) is 13.6 Å². The highest BCUT2D eigenvalue weighted by Crippen LogP contribution is 2.52. The molecule has 0 bridgehead atoms. The van der Waals surface area contributed by atoms with E-state index in [2.05, 4.69) is 23.8 Å². The van der Waals surface area contributed by atoms with Gasteiger partial charge in [-0.1, -0.05) is 19.9 Å². The summed E-state index contributed by atoms with van der Waals surface area (Å²) in [6.07, 6.45) is 5.76. The minimum absolute atomic E-state index is 0.0351. The predicted molar refractivity (Wildman–Crippen MR) is 108 cm³/mol. The van der Waals surface area contributed by atoms with Gasteiger partial charge < -0.3 is 9.72 Å². The maximum atomic E-state index is 14.4. The summed E-state index contributed by atoms with van der Waals surface area (Å²) in [5.74, 6) is -2.09. The number of nitrogens with one attached hydrogen (secondary N) is 1. The molecule has 0 spiro atoms. The number of aromatic nitrogens is 2. The number of rotatable bonds is 3. The van der Waals surface area contributed by atoms with Crippen LogP contribution < -0.4 is 10.2 Å². The highest BCUT2D eigenvalue weighted by Gasteiger charge is 2.39. The van der Waals surface area contributed by atoms with Crippen molar-refractivity contribution in [3.05, 3.63) is 69.8 Å². The van der Waals surface area contributed by atoms with Gasteiger partial charge in [0.2, 0.25) is 5.82 Å². The second-order valence-electron chi connectivity index (χ2n) is 8.61. The summed E-state index contributed by atoms with van der Waals surface area (Å²) in [6, 6.07) is 6.16. The first-order chi connectivity index (χ1) is 13.8. The lowest BCUT2D eigenvalue weighted by Gasteiger charge is -2.41. The van der Waals surface area contributed by atoms with Crippen LogP contribution in [-0.4, -0.2) is 17.1 Å². The van der Waals surface area contributed by atoms with E-state index >= 15 is 0 Å². The molecule has 6 heteroatoms. The number of methoxy groups -OCH3 is 1. The summed E-state index contributed by atoms with van der Waals surface area (Å²) in [5.41, 5.74) is 2.12. The van der Waals surface area contributed by atoms with Crippen molar-refractivity contribution in [2.75, 3.05) is 7.11 Å². The number of hydrogen-bond donors (Lipinski definition) is 1. The molecule has 3 aromatic rings. The smallest absolute Gasteiger partial charge is 0.200 e. The Kier molecular flexibility index (Phi) is 4.89. The van der Waals surface area contributed by atoms with Crippen molar-refractivity contribution < 1.29 is 13.5 Å². The van der Waals surface area contributed by atoms with E-state index < -0.39 is 11.6 Å². The van der Waals surface area contributed by atoms with Crippen LogP contribution in [0.15, 0.2) is 41.5 Å². The van der Waals surface area contributed by atoms with Crippen molar-refractivity contribution in [1.29, 1.82) is 0 Å². The second-order valence-corrected chi connectivity index (χ2v) is 8.61. The Morgan fingerprint density at radius 3 is 2.76 bits per heavy atom. The van der Waals surface area contributed by atoms with Crippen LogP contribution in [0.25, 0.3) is 10.9 Å². The fraction of sp³-hybridized carbons (Fsp3) is 0.391. The number of hydrogen-bond acceptors (Lipinski definition) is 3. The number of fused-ring (bicyclic) bond motifs is 1. The van der Waals surface area contributed by atoms with E-state index in [-0.39, 0.29) is 28.4 Å². The summed E-state index contributed by atoms with van der Waals surface area (Å²) in [4.78, 5) is 20.0. The second kappa shape index (κ2) is 7.25. The van der Waals surface area contributed by atoms with Crippen molar-refractivity contribution in [3.63, 3.8) is 0 Å². The first kappa shape index (κ1) is 19.6. The highest BCUT2D eigenvalue weighted by atomic mass is 19.2. The van der Waals surface area contributed by atoms with Gasteiger partial charge in [-0.05, 0) is 42.7 Å². The third kappa shape index (κ3) is 3.52. The Hall–Kier alpha value is -2.76. The van der Waals surface area contributed by atoms with Crippen molar-refractivity contribution in [2.24, 2.45) is 5.41 Å². The summed E-state index contributed by atoms with van der Waals surface area (Å²) in [6.45, 7) is 4.36. The third-order valence-electron chi connectivity index (χ3n) is 6.13. The maximum Gasteiger partial charge on any atom is 0.200 e. The van der Waals surface area contributed by atoms with E-state index in [0.29, 0.717) is 10.9 Å². The molecule has 29 heavy (non-hydrogen) atoms. The quantitative estimate of drug-likeness (QED) is 0.652. The van der Waals surface area contributed by atoms with Gasteiger partial charge in [-0.15, -0.1) is 0 Å². The van der Waals surface area contributed by atoms with Gasteiger partial charge in [0.1, 0.15) is 0 Å². The molecule has 1 aliphatic rings. The maximum absolute atomic E-state index is 14.4. The normalized spacial score (nSPS) is 21.3. The number of benzene rings is 1. The number of H-pyrrole nitrogens is 1. The van der Waals surface area contributed by atoms with Crippen molar-refractivity contribution in [2.45, 2.75) is 44.9 Å². The molecule has 0 aliphatic heterocycles. The molecule has 1 fully saturated rings. The van der Waals surface area contributed by atoms with Crippen LogP contribution in [0.1, 0.15) is 56.2 Å². The highest BCUT2D eigenvalue weighted by molar-refractivity contribution is 5.77. The first-order valence-electron chi connectivity index (χ1n) is 9.79. The summed E-state index contributed by atoms with van der Waals surface area (Å²) in [7, 11) is 1.36. The average Bonchev–Trinajstić information content (AvgIpc) is 2.69.